The van der Waals surface area contributed by atoms with Gasteiger partial charge in [-0.05, 0) is 58.9 Å². The largest absolute Gasteiger partial charge is 0.357 e. The molecule has 1 saturated heterocycles. The van der Waals surface area contributed by atoms with E-state index in [0.29, 0.717) is 36.7 Å². The Kier molecular flexibility index (Phi) is 6.99. The number of hydrogen-bond acceptors (Lipinski definition) is 6. The quantitative estimate of drug-likeness (QED) is 0.334. The number of amides is 1. The lowest BCUT2D eigenvalue weighted by Crippen LogP contribution is -2.54. The number of fused-ring (bicyclic) bond motifs is 1. The van der Waals surface area contributed by atoms with Crippen molar-refractivity contribution in [3.05, 3.63) is 76.1 Å². The van der Waals surface area contributed by atoms with Crippen molar-refractivity contribution in [2.45, 2.75) is 46.2 Å². The van der Waals surface area contributed by atoms with E-state index < -0.39 is 17.0 Å². The lowest BCUT2D eigenvalue weighted by atomic mass is 10.1. The zero-order chi connectivity index (χ0) is 28.9. The molecule has 0 radical (unpaired) electrons. The lowest BCUT2D eigenvalue weighted by molar-refractivity contribution is -0.126. The van der Waals surface area contributed by atoms with Crippen LogP contribution < -0.4 is 10.6 Å². The van der Waals surface area contributed by atoms with Gasteiger partial charge in [0.15, 0.2) is 5.65 Å². The van der Waals surface area contributed by atoms with Gasteiger partial charge in [-0.15, -0.1) is 0 Å². The number of hydrogen-bond donors (Lipinski definition) is 0. The van der Waals surface area contributed by atoms with Crippen LogP contribution in [0.15, 0.2) is 54.0 Å². The van der Waals surface area contributed by atoms with Crippen molar-refractivity contribution in [1.29, 1.82) is 0 Å². The van der Waals surface area contributed by atoms with Gasteiger partial charge in [-0.25, -0.2) is 23.4 Å². The van der Waals surface area contributed by atoms with Crippen molar-refractivity contribution in [2.75, 3.05) is 24.5 Å². The third kappa shape index (κ3) is 4.66. The van der Waals surface area contributed by atoms with Gasteiger partial charge in [0.1, 0.15) is 17.5 Å². The van der Waals surface area contributed by atoms with Crippen LogP contribution in [0.5, 0.6) is 0 Å². The first-order valence-corrected chi connectivity index (χ1v) is 13.4. The van der Waals surface area contributed by atoms with E-state index in [4.69, 9.17) is 16.6 Å². The van der Waals surface area contributed by atoms with Crippen LogP contribution >= 0.6 is 11.6 Å². The third-order valence-corrected chi connectivity index (χ3v) is 7.37. The minimum Gasteiger partial charge on any atom is -0.350 e. The van der Waals surface area contributed by atoms with Gasteiger partial charge in [-0.2, -0.15) is 10.1 Å². The standard InChI is InChI=1S/C29H31ClFN7O2/c1-7-23(39)35-12-13-36(18(3)16-35)25-20-14-21(30)24(19-10-8-9-11-22(19)31)33-26(20)37(28(40)34-25)27-17(2)15-32-38(27)29(4,5)6/h7-11,14-15,18H,1,12-13,16H2,2-6H3/t18-/m0/s1. The number of aryl methyl sites for hydroxylation is 1. The van der Waals surface area contributed by atoms with Gasteiger partial charge in [0.25, 0.3) is 0 Å². The van der Waals surface area contributed by atoms with Gasteiger partial charge in [0.2, 0.25) is 5.91 Å². The molecule has 0 bridgehead atoms. The Morgan fingerprint density at radius 1 is 1.20 bits per heavy atom. The fraction of sp³-hybridized carbons (Fsp3) is 0.345. The number of anilines is 1. The van der Waals surface area contributed by atoms with Gasteiger partial charge in [0.05, 0.1) is 27.8 Å². The highest BCUT2D eigenvalue weighted by Crippen LogP contribution is 2.35. The average molecular weight is 564 g/mol. The van der Waals surface area contributed by atoms with E-state index in [2.05, 4.69) is 16.7 Å². The van der Waals surface area contributed by atoms with Gasteiger partial charge >= 0.3 is 5.69 Å². The summed E-state index contributed by atoms with van der Waals surface area (Å²) in [6, 6.07) is 7.77. The monoisotopic (exact) mass is 563 g/mol. The molecule has 4 heterocycles. The van der Waals surface area contributed by atoms with E-state index in [-0.39, 0.29) is 33.9 Å². The summed E-state index contributed by atoms with van der Waals surface area (Å²) in [5.74, 6) is 0.297. The molecule has 0 saturated carbocycles. The van der Waals surface area contributed by atoms with E-state index >= 15 is 0 Å². The molecule has 1 aliphatic rings. The zero-order valence-electron chi connectivity index (χ0n) is 23.2. The van der Waals surface area contributed by atoms with Crippen molar-refractivity contribution in [3.8, 4) is 17.1 Å². The second kappa shape index (κ2) is 10.2. The summed E-state index contributed by atoms with van der Waals surface area (Å²) in [6.45, 7) is 14.7. The summed E-state index contributed by atoms with van der Waals surface area (Å²) in [7, 11) is 0. The lowest BCUT2D eigenvalue weighted by Gasteiger charge is -2.40. The Bertz CT molecular complexity index is 1710. The number of piperazine rings is 1. The minimum absolute atomic E-state index is 0.148. The molecule has 1 aromatic carbocycles. The summed E-state index contributed by atoms with van der Waals surface area (Å²) < 4.78 is 18.1. The van der Waals surface area contributed by atoms with Crippen molar-refractivity contribution >= 4 is 34.4 Å². The smallest absolute Gasteiger partial charge is 0.350 e. The Morgan fingerprint density at radius 2 is 1.93 bits per heavy atom. The van der Waals surface area contributed by atoms with E-state index in [1.165, 1.54) is 16.7 Å². The Hall–Kier alpha value is -4.05. The van der Waals surface area contributed by atoms with E-state index in [1.807, 2.05) is 39.5 Å². The predicted octanol–water partition coefficient (Wildman–Crippen LogP) is 4.72. The maximum absolute atomic E-state index is 14.9. The summed E-state index contributed by atoms with van der Waals surface area (Å²) in [4.78, 5) is 39.2. The number of halogens is 2. The molecule has 40 heavy (non-hydrogen) atoms. The number of benzene rings is 1. The molecule has 0 unspecified atom stereocenters. The first kappa shape index (κ1) is 27.5. The van der Waals surface area contributed by atoms with Gasteiger partial charge in [-0.1, -0.05) is 30.3 Å². The molecule has 0 spiro atoms. The van der Waals surface area contributed by atoms with E-state index in [9.17, 15) is 14.0 Å². The molecule has 0 aliphatic carbocycles. The van der Waals surface area contributed by atoms with Crippen LogP contribution in [0.3, 0.4) is 0 Å². The van der Waals surface area contributed by atoms with Gasteiger partial charge < -0.3 is 9.80 Å². The number of rotatable bonds is 4. The summed E-state index contributed by atoms with van der Waals surface area (Å²) >= 11 is 6.75. The highest BCUT2D eigenvalue weighted by atomic mass is 35.5. The minimum atomic E-state index is -0.553. The predicted molar refractivity (Wildman–Crippen MR) is 155 cm³/mol. The van der Waals surface area contributed by atoms with Crippen molar-refractivity contribution in [3.63, 3.8) is 0 Å². The van der Waals surface area contributed by atoms with Crippen LogP contribution in [0, 0.1) is 12.7 Å². The number of nitrogens with zero attached hydrogens (tertiary/aromatic N) is 7. The van der Waals surface area contributed by atoms with E-state index in [0.717, 1.165) is 5.56 Å². The molecular weight excluding hydrogens is 533 g/mol. The molecule has 1 aliphatic heterocycles. The van der Waals surface area contributed by atoms with Gasteiger partial charge in [-0.3, -0.25) is 4.79 Å². The number of carbonyl (C=O) groups is 1. The van der Waals surface area contributed by atoms with Crippen molar-refractivity contribution < 1.29 is 9.18 Å². The van der Waals surface area contributed by atoms with Crippen LogP contribution in [-0.4, -0.2) is 60.8 Å². The van der Waals surface area contributed by atoms with Crippen molar-refractivity contribution in [2.24, 2.45) is 0 Å². The zero-order valence-corrected chi connectivity index (χ0v) is 23.9. The fourth-order valence-corrected chi connectivity index (χ4v) is 5.40. The molecule has 9 nitrogen and oxygen atoms in total. The second-order valence-corrected chi connectivity index (χ2v) is 11.4. The van der Waals surface area contributed by atoms with Crippen LogP contribution in [-0.2, 0) is 10.3 Å². The summed E-state index contributed by atoms with van der Waals surface area (Å²) in [5.41, 5.74) is 0.453. The highest BCUT2D eigenvalue weighted by molar-refractivity contribution is 6.33. The Balaban J connectivity index is 1.81. The maximum Gasteiger partial charge on any atom is 0.357 e. The molecule has 3 aromatic heterocycles. The number of carbonyl (C=O) groups excluding carboxylic acids is 1. The molecule has 5 rings (SSSR count). The molecule has 4 aromatic rings. The molecular formula is C29H31ClFN7O2. The van der Waals surface area contributed by atoms with Crippen LogP contribution in [0.4, 0.5) is 10.2 Å². The van der Waals surface area contributed by atoms with Crippen LogP contribution in [0.1, 0.15) is 33.3 Å². The first-order valence-electron chi connectivity index (χ1n) is 13.0. The maximum atomic E-state index is 14.9. The first-order chi connectivity index (χ1) is 18.9. The number of pyridine rings is 1. The molecule has 208 valence electrons. The summed E-state index contributed by atoms with van der Waals surface area (Å²) in [6.07, 6.45) is 2.99. The SMILES string of the molecule is C=CC(=O)N1CCN(c2nc(=O)n(-c3c(C)cnn3C(C)(C)C)c3nc(-c4ccccc4F)c(Cl)cc23)[C@@H](C)C1. The van der Waals surface area contributed by atoms with Crippen LogP contribution in [0.25, 0.3) is 28.1 Å². The van der Waals surface area contributed by atoms with Crippen LogP contribution in [0.2, 0.25) is 5.02 Å². The Morgan fingerprint density at radius 3 is 2.58 bits per heavy atom. The van der Waals surface area contributed by atoms with Gasteiger partial charge in [0, 0.05) is 36.8 Å². The normalized spacial score (nSPS) is 16.0. The number of aromatic nitrogens is 5. The fourth-order valence-electron chi connectivity index (χ4n) is 5.14. The topological polar surface area (TPSA) is 89.2 Å². The Labute approximate surface area is 236 Å². The third-order valence-electron chi connectivity index (χ3n) is 7.08. The van der Waals surface area contributed by atoms with E-state index in [1.54, 1.807) is 40.0 Å². The molecule has 1 fully saturated rings. The molecule has 0 N–H and O–H groups in total. The van der Waals surface area contributed by atoms with Crippen molar-refractivity contribution in [1.82, 2.24) is 29.2 Å². The average Bonchev–Trinajstić information content (AvgIpc) is 3.29. The highest BCUT2D eigenvalue weighted by Gasteiger charge is 2.31. The molecule has 11 heteroatoms. The summed E-state index contributed by atoms with van der Waals surface area (Å²) in [5, 5.41) is 5.29. The molecule has 1 amide bonds. The second-order valence-electron chi connectivity index (χ2n) is 11.0. The molecule has 1 atom stereocenters.